The molecule has 0 aliphatic carbocycles. The summed E-state index contributed by atoms with van der Waals surface area (Å²) in [5, 5.41) is 22.6. The molecule has 1 rings (SSSR count). The van der Waals surface area contributed by atoms with Crippen molar-refractivity contribution >= 4 is 10.0 Å². The predicted molar refractivity (Wildman–Crippen MR) is 84.2 cm³/mol. The second kappa shape index (κ2) is 7.08. The van der Waals surface area contributed by atoms with Crippen LogP contribution in [0.4, 0.5) is 0 Å². The quantitative estimate of drug-likeness (QED) is 0.767. The number of hydrogen-bond acceptors (Lipinski definition) is 5. The summed E-state index contributed by atoms with van der Waals surface area (Å²) in [6.45, 7) is 8.85. The predicted octanol–water partition coefficient (Wildman–Crippen LogP) is 0.737. The SMILES string of the molecule is CC(C)n1cc(S(=O)(=O)N(CCO)CCO)c(C(C)(C)C)n1. The molecular weight excluding hydrogens is 306 g/mol. The third-order valence-electron chi connectivity index (χ3n) is 3.25. The Bertz CT molecular complexity index is 582. The van der Waals surface area contributed by atoms with Gasteiger partial charge in [-0.25, -0.2) is 8.42 Å². The van der Waals surface area contributed by atoms with Gasteiger partial charge in [0, 0.05) is 30.7 Å². The lowest BCUT2D eigenvalue weighted by Gasteiger charge is -2.23. The maximum absolute atomic E-state index is 12.9. The number of rotatable bonds is 7. The first-order valence-corrected chi connectivity index (χ1v) is 8.81. The number of aromatic nitrogens is 2. The Morgan fingerprint density at radius 1 is 1.23 bits per heavy atom. The molecule has 2 N–H and O–H groups in total. The number of hydrogen-bond donors (Lipinski definition) is 2. The molecule has 8 heteroatoms. The van der Waals surface area contributed by atoms with E-state index in [9.17, 15) is 8.42 Å². The highest BCUT2D eigenvalue weighted by Crippen LogP contribution is 2.30. The first-order chi connectivity index (χ1) is 10.1. The van der Waals surface area contributed by atoms with Gasteiger partial charge in [-0.05, 0) is 13.8 Å². The third-order valence-corrected chi connectivity index (χ3v) is 5.15. The Labute approximate surface area is 132 Å². The zero-order valence-electron chi connectivity index (χ0n) is 13.9. The molecule has 0 amide bonds. The van der Waals surface area contributed by atoms with Gasteiger partial charge >= 0.3 is 0 Å². The van der Waals surface area contributed by atoms with Gasteiger partial charge in [-0.3, -0.25) is 4.68 Å². The van der Waals surface area contributed by atoms with Crippen molar-refractivity contribution in [1.29, 1.82) is 0 Å². The standard InChI is InChI=1S/C14H27N3O4S/c1-11(2)17-10-12(13(15-17)14(3,4)5)22(20,21)16(6-8-18)7-9-19/h10-11,18-19H,6-9H2,1-5H3. The second-order valence-electron chi connectivity index (χ2n) is 6.52. The Hall–Kier alpha value is -0.960. The number of aliphatic hydroxyl groups excluding tert-OH is 2. The molecule has 1 aromatic heterocycles. The Morgan fingerprint density at radius 3 is 2.09 bits per heavy atom. The van der Waals surface area contributed by atoms with Gasteiger partial charge in [0.05, 0.1) is 18.9 Å². The number of sulfonamides is 1. The fraction of sp³-hybridized carbons (Fsp3) is 0.786. The largest absolute Gasteiger partial charge is 0.395 e. The zero-order valence-corrected chi connectivity index (χ0v) is 14.8. The summed E-state index contributed by atoms with van der Waals surface area (Å²) in [5.74, 6) is 0. The molecule has 128 valence electrons. The van der Waals surface area contributed by atoms with Crippen LogP contribution in [0.3, 0.4) is 0 Å². The van der Waals surface area contributed by atoms with Crippen LogP contribution in [0.15, 0.2) is 11.1 Å². The average Bonchev–Trinajstić information content (AvgIpc) is 2.84. The summed E-state index contributed by atoms with van der Waals surface area (Å²) in [4.78, 5) is 0.135. The topological polar surface area (TPSA) is 95.7 Å². The monoisotopic (exact) mass is 333 g/mol. The van der Waals surface area contributed by atoms with E-state index in [0.29, 0.717) is 5.69 Å². The summed E-state index contributed by atoms with van der Waals surface area (Å²) in [6.07, 6.45) is 1.53. The summed E-state index contributed by atoms with van der Waals surface area (Å²) in [7, 11) is -3.82. The summed E-state index contributed by atoms with van der Waals surface area (Å²) in [6, 6.07) is 0.0363. The van der Waals surface area contributed by atoms with Gasteiger partial charge < -0.3 is 10.2 Å². The molecule has 0 aliphatic rings. The van der Waals surface area contributed by atoms with E-state index in [1.54, 1.807) is 4.68 Å². The molecule has 22 heavy (non-hydrogen) atoms. The van der Waals surface area contributed by atoms with Crippen molar-refractivity contribution in [2.75, 3.05) is 26.3 Å². The van der Waals surface area contributed by atoms with E-state index in [-0.39, 0.29) is 37.2 Å². The van der Waals surface area contributed by atoms with Gasteiger partial charge in [0.1, 0.15) is 4.90 Å². The van der Waals surface area contributed by atoms with Crippen LogP contribution in [-0.4, -0.2) is 59.0 Å². The molecule has 7 nitrogen and oxygen atoms in total. The number of aliphatic hydroxyl groups is 2. The van der Waals surface area contributed by atoms with Crippen molar-refractivity contribution in [2.45, 2.75) is 51.0 Å². The van der Waals surface area contributed by atoms with Crippen LogP contribution in [-0.2, 0) is 15.4 Å². The molecule has 0 aromatic carbocycles. The number of nitrogens with zero attached hydrogens (tertiary/aromatic N) is 3. The van der Waals surface area contributed by atoms with Crippen LogP contribution in [0.5, 0.6) is 0 Å². The van der Waals surface area contributed by atoms with E-state index in [2.05, 4.69) is 5.10 Å². The van der Waals surface area contributed by atoms with Crippen molar-refractivity contribution in [2.24, 2.45) is 0 Å². The minimum atomic E-state index is -3.82. The van der Waals surface area contributed by atoms with E-state index < -0.39 is 15.4 Å². The van der Waals surface area contributed by atoms with Gasteiger partial charge in [-0.15, -0.1) is 0 Å². The van der Waals surface area contributed by atoms with Crippen LogP contribution in [0.2, 0.25) is 0 Å². The van der Waals surface area contributed by atoms with Gasteiger partial charge in [0.2, 0.25) is 10.0 Å². The fourth-order valence-electron chi connectivity index (χ4n) is 2.06. The molecule has 0 saturated heterocycles. The fourth-order valence-corrected chi connectivity index (χ4v) is 3.82. The zero-order chi connectivity index (χ0) is 17.1. The average molecular weight is 333 g/mol. The first kappa shape index (κ1) is 19.1. The van der Waals surface area contributed by atoms with Gasteiger partial charge in [0.15, 0.2) is 0 Å². The van der Waals surface area contributed by atoms with Crippen molar-refractivity contribution in [3.05, 3.63) is 11.9 Å². The van der Waals surface area contributed by atoms with Gasteiger partial charge in [-0.1, -0.05) is 20.8 Å². The summed E-state index contributed by atoms with van der Waals surface area (Å²) >= 11 is 0. The van der Waals surface area contributed by atoms with Crippen LogP contribution >= 0.6 is 0 Å². The molecule has 0 atom stereocenters. The lowest BCUT2D eigenvalue weighted by molar-refractivity contribution is 0.217. The van der Waals surface area contributed by atoms with E-state index >= 15 is 0 Å². The van der Waals surface area contributed by atoms with E-state index in [1.807, 2.05) is 34.6 Å². The van der Waals surface area contributed by atoms with Crippen LogP contribution in [0.25, 0.3) is 0 Å². The van der Waals surface area contributed by atoms with Crippen molar-refractivity contribution in [3.8, 4) is 0 Å². The lowest BCUT2D eigenvalue weighted by atomic mass is 9.92. The first-order valence-electron chi connectivity index (χ1n) is 7.37. The maximum Gasteiger partial charge on any atom is 0.246 e. The molecule has 0 bridgehead atoms. The van der Waals surface area contributed by atoms with Crippen molar-refractivity contribution in [1.82, 2.24) is 14.1 Å². The van der Waals surface area contributed by atoms with Crippen LogP contribution in [0, 0.1) is 0 Å². The second-order valence-corrected chi connectivity index (χ2v) is 8.42. The Kier molecular flexibility index (Phi) is 6.14. The molecule has 0 spiro atoms. The molecule has 0 saturated carbocycles. The lowest BCUT2D eigenvalue weighted by Crippen LogP contribution is -2.36. The van der Waals surface area contributed by atoms with Gasteiger partial charge in [0.25, 0.3) is 0 Å². The Morgan fingerprint density at radius 2 is 1.73 bits per heavy atom. The molecule has 0 unspecified atom stereocenters. The molecule has 1 aromatic rings. The van der Waals surface area contributed by atoms with E-state index in [4.69, 9.17) is 10.2 Å². The smallest absolute Gasteiger partial charge is 0.246 e. The molecule has 0 radical (unpaired) electrons. The normalized spacial score (nSPS) is 13.3. The molecule has 0 aliphatic heterocycles. The summed E-state index contributed by atoms with van der Waals surface area (Å²) < 4.78 is 28.4. The minimum absolute atomic E-state index is 0.0363. The van der Waals surface area contributed by atoms with Crippen molar-refractivity contribution < 1.29 is 18.6 Å². The maximum atomic E-state index is 12.9. The van der Waals surface area contributed by atoms with E-state index in [1.165, 1.54) is 6.20 Å². The highest BCUT2D eigenvalue weighted by Gasteiger charge is 2.33. The Balaban J connectivity index is 3.45. The van der Waals surface area contributed by atoms with E-state index in [0.717, 1.165) is 4.31 Å². The molecular formula is C14H27N3O4S. The van der Waals surface area contributed by atoms with Crippen molar-refractivity contribution in [3.63, 3.8) is 0 Å². The van der Waals surface area contributed by atoms with Crippen LogP contribution in [0.1, 0.15) is 46.4 Å². The molecule has 0 fully saturated rings. The molecule has 1 heterocycles. The highest BCUT2D eigenvalue weighted by atomic mass is 32.2. The van der Waals surface area contributed by atoms with Crippen LogP contribution < -0.4 is 0 Å². The summed E-state index contributed by atoms with van der Waals surface area (Å²) in [5.41, 5.74) is 0.0502. The third kappa shape index (κ3) is 4.07. The van der Waals surface area contributed by atoms with Gasteiger partial charge in [-0.2, -0.15) is 9.40 Å². The minimum Gasteiger partial charge on any atom is -0.395 e. The highest BCUT2D eigenvalue weighted by molar-refractivity contribution is 7.89.